The van der Waals surface area contributed by atoms with E-state index in [2.05, 4.69) is 0 Å². The second-order valence-corrected chi connectivity index (χ2v) is 10.3. The number of benzene rings is 2. The Morgan fingerprint density at radius 3 is 2.50 bits per heavy atom. The second-order valence-electron chi connectivity index (χ2n) is 8.37. The van der Waals surface area contributed by atoms with E-state index >= 15 is 0 Å². The van der Waals surface area contributed by atoms with Crippen LogP contribution >= 0.6 is 0 Å². The molecule has 11 heteroatoms. The topological polar surface area (TPSA) is 144 Å². The van der Waals surface area contributed by atoms with Crippen LogP contribution in [0, 0.1) is 34.4 Å². The molecule has 1 heterocycles. The van der Waals surface area contributed by atoms with Crippen LogP contribution in [-0.2, 0) is 10.0 Å². The SMILES string of the molecule is CC(C)COc1cc(C#N)c(F)cc1O[C@H]1CN(S(=O)(=O)c2ccccc2C#N)C[C@@]1(O)CO. The van der Waals surface area contributed by atoms with Gasteiger partial charge in [0.05, 0.1) is 35.8 Å². The molecule has 0 amide bonds. The van der Waals surface area contributed by atoms with Crippen molar-refractivity contribution in [3.63, 3.8) is 0 Å². The van der Waals surface area contributed by atoms with E-state index in [-0.39, 0.29) is 46.6 Å². The summed E-state index contributed by atoms with van der Waals surface area (Å²) in [5, 5.41) is 39.3. The molecule has 2 N–H and O–H groups in total. The maximum Gasteiger partial charge on any atom is 0.244 e. The van der Waals surface area contributed by atoms with E-state index in [0.717, 1.165) is 16.4 Å². The van der Waals surface area contributed by atoms with Crippen molar-refractivity contribution >= 4 is 10.0 Å². The van der Waals surface area contributed by atoms with Crippen LogP contribution in [0.3, 0.4) is 0 Å². The van der Waals surface area contributed by atoms with Crippen LogP contribution in [0.5, 0.6) is 11.5 Å². The molecular weight excluding hydrogens is 465 g/mol. The highest BCUT2D eigenvalue weighted by molar-refractivity contribution is 7.89. The lowest BCUT2D eigenvalue weighted by molar-refractivity contribution is -0.0647. The Labute approximate surface area is 197 Å². The highest BCUT2D eigenvalue weighted by Gasteiger charge is 2.51. The second kappa shape index (κ2) is 9.95. The smallest absolute Gasteiger partial charge is 0.244 e. The maximum absolute atomic E-state index is 14.3. The van der Waals surface area contributed by atoms with Crippen LogP contribution in [0.4, 0.5) is 4.39 Å². The third-order valence-electron chi connectivity index (χ3n) is 5.31. The quantitative estimate of drug-likeness (QED) is 0.571. The molecule has 1 fully saturated rings. The molecule has 180 valence electrons. The van der Waals surface area contributed by atoms with Gasteiger partial charge >= 0.3 is 0 Å². The molecule has 0 bridgehead atoms. The molecule has 0 spiro atoms. The maximum atomic E-state index is 14.3. The van der Waals surface area contributed by atoms with Gasteiger partial charge in [-0.2, -0.15) is 14.8 Å². The summed E-state index contributed by atoms with van der Waals surface area (Å²) in [4.78, 5) is -0.246. The van der Waals surface area contributed by atoms with E-state index < -0.39 is 40.7 Å². The van der Waals surface area contributed by atoms with E-state index in [4.69, 9.17) is 14.7 Å². The highest BCUT2D eigenvalue weighted by atomic mass is 32.2. The van der Waals surface area contributed by atoms with Gasteiger partial charge in [0.15, 0.2) is 11.5 Å². The Morgan fingerprint density at radius 1 is 1.21 bits per heavy atom. The largest absolute Gasteiger partial charge is 0.489 e. The molecule has 1 saturated heterocycles. The molecule has 2 atom stereocenters. The summed E-state index contributed by atoms with van der Waals surface area (Å²) >= 11 is 0. The summed E-state index contributed by atoms with van der Waals surface area (Å²) in [6.45, 7) is 2.26. The molecule has 0 aliphatic carbocycles. The highest BCUT2D eigenvalue weighted by Crippen LogP contribution is 2.36. The molecular formula is C23H24FN3O6S. The Balaban J connectivity index is 1.96. The van der Waals surface area contributed by atoms with E-state index in [0.29, 0.717) is 0 Å². The first-order valence-corrected chi connectivity index (χ1v) is 11.9. The van der Waals surface area contributed by atoms with E-state index in [1.807, 2.05) is 19.9 Å². The zero-order chi connectivity index (χ0) is 25.1. The average Bonchev–Trinajstić information content (AvgIpc) is 3.15. The summed E-state index contributed by atoms with van der Waals surface area (Å²) in [7, 11) is -4.23. The lowest BCUT2D eigenvalue weighted by atomic mass is 10.0. The van der Waals surface area contributed by atoms with Gasteiger partial charge in [-0.25, -0.2) is 12.8 Å². The van der Waals surface area contributed by atoms with Crippen LogP contribution in [0.25, 0.3) is 0 Å². The molecule has 2 aromatic rings. The molecule has 3 rings (SSSR count). The van der Waals surface area contributed by atoms with Crippen molar-refractivity contribution in [3.8, 4) is 23.6 Å². The van der Waals surface area contributed by atoms with Crippen molar-refractivity contribution < 1.29 is 32.5 Å². The number of β-amino-alcohol motifs (C(OH)–C–C–N with tert-alkyl or cyclic N) is 1. The van der Waals surface area contributed by atoms with Crippen LogP contribution in [-0.4, -0.2) is 60.9 Å². The lowest BCUT2D eigenvalue weighted by Crippen LogP contribution is -2.48. The first kappa shape index (κ1) is 25.4. The molecule has 1 aliphatic rings. The molecule has 0 radical (unpaired) electrons. The average molecular weight is 490 g/mol. The Bertz CT molecular complexity index is 1250. The van der Waals surface area contributed by atoms with Gasteiger partial charge in [0.1, 0.15) is 29.7 Å². The fourth-order valence-electron chi connectivity index (χ4n) is 3.47. The zero-order valence-corrected chi connectivity index (χ0v) is 19.4. The molecule has 1 aliphatic heterocycles. The molecule has 0 aromatic heterocycles. The van der Waals surface area contributed by atoms with Gasteiger partial charge in [-0.3, -0.25) is 0 Å². The third-order valence-corrected chi connectivity index (χ3v) is 7.18. The standard InChI is InChI=1S/C23H24FN3O6S/c1-15(2)12-32-19-7-17(10-26)18(24)8-20(19)33-22-11-27(13-23(22,29)14-28)34(30,31)21-6-4-3-5-16(21)9-25/h3-8,15,22,28-29H,11-14H2,1-2H3/t22-,23+/m0/s1. The number of rotatable bonds is 8. The van der Waals surface area contributed by atoms with Crippen LogP contribution in [0.15, 0.2) is 41.3 Å². The molecule has 0 unspecified atom stereocenters. The van der Waals surface area contributed by atoms with Crippen molar-refractivity contribution in [2.24, 2.45) is 5.92 Å². The van der Waals surface area contributed by atoms with Gasteiger partial charge in [0, 0.05) is 18.7 Å². The predicted octanol–water partition coefficient (Wildman–Crippen LogP) is 1.78. The summed E-state index contributed by atoms with van der Waals surface area (Å²) in [5.41, 5.74) is -2.36. The van der Waals surface area contributed by atoms with E-state index in [9.17, 15) is 28.3 Å². The number of hydrogen-bond donors (Lipinski definition) is 2. The van der Waals surface area contributed by atoms with Crippen LogP contribution in [0.1, 0.15) is 25.0 Å². The Kier molecular flexibility index (Phi) is 7.44. The molecule has 9 nitrogen and oxygen atoms in total. The molecule has 0 saturated carbocycles. The number of ether oxygens (including phenoxy) is 2. The van der Waals surface area contributed by atoms with E-state index in [1.54, 1.807) is 6.07 Å². The lowest BCUT2D eigenvalue weighted by Gasteiger charge is -2.28. The summed E-state index contributed by atoms with van der Waals surface area (Å²) in [6, 6.07) is 11.2. The minimum absolute atomic E-state index is 0.0445. The van der Waals surface area contributed by atoms with Gasteiger partial charge in [0.25, 0.3) is 0 Å². The number of sulfonamides is 1. The van der Waals surface area contributed by atoms with Crippen molar-refractivity contribution in [3.05, 3.63) is 53.3 Å². The first-order valence-electron chi connectivity index (χ1n) is 10.4. The van der Waals surface area contributed by atoms with Crippen molar-refractivity contribution in [1.29, 1.82) is 10.5 Å². The number of hydrogen-bond acceptors (Lipinski definition) is 8. The monoisotopic (exact) mass is 489 g/mol. The molecule has 2 aromatic carbocycles. The number of aliphatic hydroxyl groups excluding tert-OH is 1. The fraction of sp³-hybridized carbons (Fsp3) is 0.391. The summed E-state index contributed by atoms with van der Waals surface area (Å²) in [5.74, 6) is -0.883. The number of halogens is 1. The van der Waals surface area contributed by atoms with Gasteiger partial charge in [-0.15, -0.1) is 0 Å². The minimum atomic E-state index is -4.23. The third kappa shape index (κ3) is 4.98. The normalized spacial score (nSPS) is 20.6. The van der Waals surface area contributed by atoms with Gasteiger partial charge in [0.2, 0.25) is 10.0 Å². The predicted molar refractivity (Wildman–Crippen MR) is 118 cm³/mol. The van der Waals surface area contributed by atoms with Gasteiger partial charge in [-0.05, 0) is 18.1 Å². The van der Waals surface area contributed by atoms with Crippen molar-refractivity contribution in [1.82, 2.24) is 4.31 Å². The Morgan fingerprint density at radius 2 is 1.88 bits per heavy atom. The Hall–Kier alpha value is -3.22. The van der Waals surface area contributed by atoms with Crippen LogP contribution in [0.2, 0.25) is 0 Å². The first-order chi connectivity index (χ1) is 16.1. The van der Waals surface area contributed by atoms with E-state index in [1.165, 1.54) is 24.3 Å². The summed E-state index contributed by atoms with van der Waals surface area (Å²) in [6.07, 6.45) is -1.30. The van der Waals surface area contributed by atoms with Gasteiger partial charge < -0.3 is 19.7 Å². The summed E-state index contributed by atoms with van der Waals surface area (Å²) < 4.78 is 53.1. The number of nitriles is 2. The van der Waals surface area contributed by atoms with Crippen molar-refractivity contribution in [2.45, 2.75) is 30.4 Å². The number of nitrogens with zero attached hydrogens (tertiary/aromatic N) is 3. The zero-order valence-electron chi connectivity index (χ0n) is 18.6. The molecule has 34 heavy (non-hydrogen) atoms. The fourth-order valence-corrected chi connectivity index (χ4v) is 5.11. The van der Waals surface area contributed by atoms with Crippen LogP contribution < -0.4 is 9.47 Å². The van der Waals surface area contributed by atoms with Crippen molar-refractivity contribution in [2.75, 3.05) is 26.3 Å². The minimum Gasteiger partial charge on any atom is -0.489 e. The van der Waals surface area contributed by atoms with Gasteiger partial charge in [-0.1, -0.05) is 26.0 Å². The number of aliphatic hydroxyl groups is 2.